The summed E-state index contributed by atoms with van der Waals surface area (Å²) >= 11 is 0. The minimum Gasteiger partial charge on any atom is -0.468 e. The lowest BCUT2D eigenvalue weighted by Gasteiger charge is -2.34. The molecule has 0 radical (unpaired) electrons. The summed E-state index contributed by atoms with van der Waals surface area (Å²) in [5, 5.41) is 3.38. The Labute approximate surface area is 261 Å². The molecule has 1 heterocycles. The number of aryl methyl sites for hydroxylation is 1. The Morgan fingerprint density at radius 1 is 0.860 bits per heavy atom. The molecule has 0 fully saturated rings. The molecule has 1 aliphatic rings. The van der Waals surface area contributed by atoms with Crippen LogP contribution in [0.2, 0.25) is 0 Å². The molecule has 3 N–H and O–H groups in total. The smallest absolute Gasteiger partial charge is 0.336 e. The number of allylic oxidation sites excluding steroid dienone is 2. The molecule has 0 amide bonds. The maximum Gasteiger partial charge on any atom is 0.336 e. The van der Waals surface area contributed by atoms with Crippen LogP contribution in [0.1, 0.15) is 140 Å². The van der Waals surface area contributed by atoms with Crippen LogP contribution in [0.25, 0.3) is 0 Å². The minimum atomic E-state index is -0.322. The first-order valence-electron chi connectivity index (χ1n) is 16.4. The Morgan fingerprint density at radius 3 is 1.95 bits per heavy atom. The Balaban J connectivity index is 0.00000452. The maximum absolute atomic E-state index is 13.3. The van der Waals surface area contributed by atoms with Crippen molar-refractivity contribution in [1.82, 2.24) is 5.32 Å². The van der Waals surface area contributed by atoms with Crippen LogP contribution in [-0.4, -0.2) is 32.4 Å². The number of dihydropyridines is 1. The minimum absolute atomic E-state index is 0.249. The largest absolute Gasteiger partial charge is 0.468 e. The average Bonchev–Trinajstić information content (AvgIpc) is 2.99. The van der Waals surface area contributed by atoms with Crippen molar-refractivity contribution in [3.63, 3.8) is 0 Å². The van der Waals surface area contributed by atoms with Crippen molar-refractivity contribution >= 4 is 24.9 Å². The van der Waals surface area contributed by atoms with Crippen molar-refractivity contribution in [3.8, 4) is 0 Å². The molecule has 0 saturated heterocycles. The molecular weight excluding hydrogens is 540 g/mol. The van der Waals surface area contributed by atoms with E-state index in [9.17, 15) is 9.59 Å². The molecule has 0 aliphatic carbocycles. The Kier molecular flexibility index (Phi) is 19.8. The summed E-state index contributed by atoms with van der Waals surface area (Å²) in [5.41, 5.74) is 13.9. The van der Waals surface area contributed by atoms with Crippen LogP contribution in [-0.2, 0) is 30.3 Å². The summed E-state index contributed by atoms with van der Waals surface area (Å²) < 4.78 is 10.6. The molecule has 43 heavy (non-hydrogen) atoms. The predicted molar refractivity (Wildman–Crippen MR) is 177 cm³/mol. The molecule has 1 unspecified atom stereocenters. The molecule has 7 nitrogen and oxygen atoms in total. The summed E-state index contributed by atoms with van der Waals surface area (Å²) in [6.45, 7) is 13.1. The fourth-order valence-electron chi connectivity index (χ4n) is 6.14. The van der Waals surface area contributed by atoms with E-state index < -0.39 is 0 Å². The maximum atomic E-state index is 13.3. The number of benzene rings is 1. The van der Waals surface area contributed by atoms with Gasteiger partial charge in [0, 0.05) is 29.4 Å². The van der Waals surface area contributed by atoms with Crippen molar-refractivity contribution in [1.29, 1.82) is 0 Å². The van der Waals surface area contributed by atoms with E-state index >= 15 is 0 Å². The van der Waals surface area contributed by atoms with Crippen molar-refractivity contribution in [3.05, 3.63) is 51.4 Å². The van der Waals surface area contributed by atoms with Gasteiger partial charge in [-0.25, -0.2) is 4.79 Å². The highest BCUT2D eigenvalue weighted by Crippen LogP contribution is 2.44. The Bertz CT molecular complexity index is 1050. The molecule has 0 saturated carbocycles. The summed E-state index contributed by atoms with van der Waals surface area (Å²) in [6.07, 6.45) is 18.7. The van der Waals surface area contributed by atoms with Gasteiger partial charge in [0.05, 0.1) is 18.8 Å². The highest BCUT2D eigenvalue weighted by Gasteiger charge is 2.36. The Hall–Kier alpha value is -3.09. The third-order valence-corrected chi connectivity index (χ3v) is 8.44. The second-order valence-corrected chi connectivity index (χ2v) is 11.5. The fourth-order valence-corrected chi connectivity index (χ4v) is 6.14. The standard InChI is InChI=1S/C35H56N2O4.CH2O/c1-6-8-9-10-11-12-13-14-15-16-17-18-19-20-29-21-22-31(36)26(3)32(29)34-30(23-24-40-25-38)27(4)37-28(5)33(34)35(39)41-7-2;1-2/h21-22,25,34,37H,6-20,23-24,36H2,1-5H3;1H2. The topological polar surface area (TPSA) is 108 Å². The summed E-state index contributed by atoms with van der Waals surface area (Å²) in [7, 11) is 0. The first-order valence-corrected chi connectivity index (χ1v) is 16.4. The molecule has 1 aliphatic heterocycles. The van der Waals surface area contributed by atoms with Crippen LogP contribution in [0.3, 0.4) is 0 Å². The van der Waals surface area contributed by atoms with E-state index in [1.165, 1.54) is 82.6 Å². The van der Waals surface area contributed by atoms with Crippen LogP contribution in [0.5, 0.6) is 0 Å². The molecule has 1 atom stereocenters. The molecule has 1 aromatic rings. The van der Waals surface area contributed by atoms with Gasteiger partial charge < -0.3 is 25.3 Å². The highest BCUT2D eigenvalue weighted by molar-refractivity contribution is 5.93. The van der Waals surface area contributed by atoms with Gasteiger partial charge in [-0.1, -0.05) is 90.0 Å². The lowest BCUT2D eigenvalue weighted by molar-refractivity contribution is -0.139. The zero-order valence-electron chi connectivity index (χ0n) is 27.7. The van der Waals surface area contributed by atoms with Gasteiger partial charge in [-0.2, -0.15) is 0 Å². The number of hydrogen-bond donors (Lipinski definition) is 2. The van der Waals surface area contributed by atoms with Crippen molar-refractivity contribution in [2.24, 2.45) is 0 Å². The number of rotatable bonds is 21. The zero-order chi connectivity index (χ0) is 32.0. The summed E-state index contributed by atoms with van der Waals surface area (Å²) in [5.74, 6) is -0.622. The monoisotopic (exact) mass is 598 g/mol. The van der Waals surface area contributed by atoms with Gasteiger partial charge in [0.25, 0.3) is 6.47 Å². The number of nitrogens with two attached hydrogens (primary N) is 1. The fraction of sp³-hybridized carbons (Fsp3) is 0.639. The van der Waals surface area contributed by atoms with Gasteiger partial charge in [-0.05, 0) is 68.9 Å². The third-order valence-electron chi connectivity index (χ3n) is 8.44. The van der Waals surface area contributed by atoms with Crippen LogP contribution in [0, 0.1) is 6.92 Å². The SMILES string of the molecule is C=O.CCCCCCCCCCCCCCCc1ccc(N)c(C)c1C1C(CCOC=O)=C(C)NC(C)=C1C(=O)OCC. The average molecular weight is 599 g/mol. The lowest BCUT2D eigenvalue weighted by Crippen LogP contribution is -2.30. The van der Waals surface area contributed by atoms with Gasteiger partial charge in [0.2, 0.25) is 0 Å². The van der Waals surface area contributed by atoms with Gasteiger partial charge in [-0.15, -0.1) is 0 Å². The summed E-state index contributed by atoms with van der Waals surface area (Å²) in [6, 6.07) is 4.12. The molecule has 1 aromatic carbocycles. The second kappa shape index (κ2) is 22.4. The van der Waals surface area contributed by atoms with Crippen molar-refractivity contribution in [2.45, 2.75) is 137 Å². The van der Waals surface area contributed by atoms with Crippen LogP contribution in [0.4, 0.5) is 5.69 Å². The first-order chi connectivity index (χ1) is 20.9. The van der Waals surface area contributed by atoms with E-state index in [1.807, 2.05) is 40.6 Å². The second-order valence-electron chi connectivity index (χ2n) is 11.5. The third kappa shape index (κ3) is 12.6. The van der Waals surface area contributed by atoms with Crippen LogP contribution in [0.15, 0.2) is 34.7 Å². The van der Waals surface area contributed by atoms with Gasteiger partial charge in [0.15, 0.2) is 0 Å². The number of esters is 1. The van der Waals surface area contributed by atoms with E-state index in [0.717, 1.165) is 46.6 Å². The molecule has 0 aromatic heterocycles. The quantitative estimate of drug-likeness (QED) is 0.0633. The number of ether oxygens (including phenoxy) is 2. The zero-order valence-corrected chi connectivity index (χ0v) is 27.7. The number of nitrogen functional groups attached to an aromatic ring is 1. The summed E-state index contributed by atoms with van der Waals surface area (Å²) in [4.78, 5) is 32.2. The molecule has 0 bridgehead atoms. The molecule has 2 rings (SSSR count). The van der Waals surface area contributed by atoms with Crippen molar-refractivity contribution < 1.29 is 23.9 Å². The molecule has 7 heteroatoms. The van der Waals surface area contributed by atoms with Gasteiger partial charge >= 0.3 is 5.97 Å². The van der Waals surface area contributed by atoms with E-state index in [0.29, 0.717) is 25.1 Å². The Morgan fingerprint density at radius 2 is 1.42 bits per heavy atom. The van der Waals surface area contributed by atoms with E-state index in [2.05, 4.69) is 18.3 Å². The lowest BCUT2D eigenvalue weighted by atomic mass is 9.75. The predicted octanol–water partition coefficient (Wildman–Crippen LogP) is 8.39. The van der Waals surface area contributed by atoms with Gasteiger partial charge in [0.1, 0.15) is 6.79 Å². The number of carbonyl (C=O) groups is 3. The van der Waals surface area contributed by atoms with Gasteiger partial charge in [-0.3, -0.25) is 4.79 Å². The molecular formula is C36H58N2O5. The number of carbonyl (C=O) groups excluding carboxylic acids is 3. The number of nitrogens with one attached hydrogen (secondary N) is 1. The number of unbranched alkanes of at least 4 members (excludes halogenated alkanes) is 12. The first kappa shape index (κ1) is 37.9. The normalized spacial score (nSPS) is 14.6. The molecule has 0 spiro atoms. The van der Waals surface area contributed by atoms with Crippen LogP contribution >= 0.6 is 0 Å². The van der Waals surface area contributed by atoms with E-state index in [1.54, 1.807) is 0 Å². The van der Waals surface area contributed by atoms with Crippen LogP contribution < -0.4 is 11.1 Å². The highest BCUT2D eigenvalue weighted by atomic mass is 16.5. The number of hydrogen-bond acceptors (Lipinski definition) is 7. The van der Waals surface area contributed by atoms with Crippen molar-refractivity contribution in [2.75, 3.05) is 18.9 Å². The molecule has 242 valence electrons. The van der Waals surface area contributed by atoms with E-state index in [-0.39, 0.29) is 18.5 Å². The van der Waals surface area contributed by atoms with E-state index in [4.69, 9.17) is 20.0 Å². The number of anilines is 1.